The molecule has 114 valence electrons. The van der Waals surface area contributed by atoms with Gasteiger partial charge in [0.05, 0.1) is 0 Å². The standard InChI is InChI=1S/C18H26N2O/c1-19-12-9-18(10-13-19)11-14-20(15-18)17(21)8-7-16-5-3-2-4-6-16/h2-6H,7-15H2,1H3. The topological polar surface area (TPSA) is 23.6 Å². The summed E-state index contributed by atoms with van der Waals surface area (Å²) in [5.74, 6) is 0.342. The zero-order valence-electron chi connectivity index (χ0n) is 13.1. The summed E-state index contributed by atoms with van der Waals surface area (Å²) in [5, 5.41) is 0. The van der Waals surface area contributed by atoms with Gasteiger partial charge in [0, 0.05) is 19.5 Å². The van der Waals surface area contributed by atoms with E-state index < -0.39 is 0 Å². The van der Waals surface area contributed by atoms with Crippen molar-refractivity contribution in [2.45, 2.75) is 32.1 Å². The molecule has 3 rings (SSSR count). The van der Waals surface area contributed by atoms with E-state index in [1.807, 2.05) is 18.2 Å². The number of likely N-dealkylation sites (tertiary alicyclic amines) is 2. The highest BCUT2D eigenvalue weighted by Gasteiger charge is 2.41. The quantitative estimate of drug-likeness (QED) is 0.852. The van der Waals surface area contributed by atoms with E-state index >= 15 is 0 Å². The van der Waals surface area contributed by atoms with Crippen molar-refractivity contribution in [3.05, 3.63) is 35.9 Å². The van der Waals surface area contributed by atoms with E-state index in [0.717, 1.165) is 19.5 Å². The summed E-state index contributed by atoms with van der Waals surface area (Å²) < 4.78 is 0. The monoisotopic (exact) mass is 286 g/mol. The van der Waals surface area contributed by atoms with Gasteiger partial charge >= 0.3 is 0 Å². The largest absolute Gasteiger partial charge is 0.342 e. The second-order valence-electron chi connectivity index (χ2n) is 6.85. The number of hydrogen-bond donors (Lipinski definition) is 0. The third-order valence-electron chi connectivity index (χ3n) is 5.31. The lowest BCUT2D eigenvalue weighted by atomic mass is 9.78. The second kappa shape index (κ2) is 6.18. The Morgan fingerprint density at radius 1 is 1.10 bits per heavy atom. The second-order valence-corrected chi connectivity index (χ2v) is 6.85. The summed E-state index contributed by atoms with van der Waals surface area (Å²) in [6, 6.07) is 10.3. The number of hydrogen-bond acceptors (Lipinski definition) is 2. The van der Waals surface area contributed by atoms with E-state index in [9.17, 15) is 4.79 Å². The normalized spacial score (nSPS) is 21.9. The van der Waals surface area contributed by atoms with Crippen LogP contribution in [0.3, 0.4) is 0 Å². The van der Waals surface area contributed by atoms with Crippen LogP contribution in [0.2, 0.25) is 0 Å². The molecule has 2 heterocycles. The number of carbonyl (C=O) groups is 1. The molecule has 1 spiro atoms. The molecule has 2 saturated heterocycles. The van der Waals surface area contributed by atoms with E-state index in [4.69, 9.17) is 0 Å². The van der Waals surface area contributed by atoms with Gasteiger partial charge in [0.25, 0.3) is 0 Å². The third-order valence-corrected chi connectivity index (χ3v) is 5.31. The molecule has 1 aromatic carbocycles. The van der Waals surface area contributed by atoms with Crippen LogP contribution < -0.4 is 0 Å². The van der Waals surface area contributed by atoms with Crippen LogP contribution in [0, 0.1) is 5.41 Å². The molecule has 0 N–H and O–H groups in total. The lowest BCUT2D eigenvalue weighted by Gasteiger charge is -2.37. The highest BCUT2D eigenvalue weighted by molar-refractivity contribution is 5.76. The van der Waals surface area contributed by atoms with Crippen LogP contribution in [-0.2, 0) is 11.2 Å². The van der Waals surface area contributed by atoms with E-state index in [1.165, 1.54) is 37.9 Å². The minimum absolute atomic E-state index is 0.342. The van der Waals surface area contributed by atoms with Crippen molar-refractivity contribution < 1.29 is 4.79 Å². The van der Waals surface area contributed by atoms with Gasteiger partial charge in [-0.05, 0) is 56.8 Å². The molecule has 0 unspecified atom stereocenters. The Morgan fingerprint density at radius 3 is 2.48 bits per heavy atom. The zero-order chi connectivity index (χ0) is 14.7. The Kier molecular flexibility index (Phi) is 4.29. The minimum atomic E-state index is 0.342. The molecular formula is C18H26N2O. The SMILES string of the molecule is CN1CCC2(CC1)CCN(C(=O)CCc1ccccc1)C2. The van der Waals surface area contributed by atoms with Crippen LogP contribution in [0.15, 0.2) is 30.3 Å². The first kappa shape index (κ1) is 14.6. The predicted octanol–water partition coefficient (Wildman–Crippen LogP) is 2.56. The average Bonchev–Trinajstić information content (AvgIpc) is 2.93. The van der Waals surface area contributed by atoms with Crippen molar-refractivity contribution in [1.82, 2.24) is 9.80 Å². The summed E-state index contributed by atoms with van der Waals surface area (Å²) in [5.41, 5.74) is 1.69. The van der Waals surface area contributed by atoms with E-state index in [-0.39, 0.29) is 0 Å². The molecule has 0 bridgehead atoms. The van der Waals surface area contributed by atoms with Crippen LogP contribution in [-0.4, -0.2) is 48.9 Å². The molecule has 3 nitrogen and oxygen atoms in total. The molecule has 2 fully saturated rings. The lowest BCUT2D eigenvalue weighted by molar-refractivity contribution is -0.130. The molecule has 1 aromatic rings. The lowest BCUT2D eigenvalue weighted by Crippen LogP contribution is -2.40. The van der Waals surface area contributed by atoms with Crippen molar-refractivity contribution in [2.24, 2.45) is 5.41 Å². The third kappa shape index (κ3) is 3.46. The molecule has 0 aliphatic carbocycles. The minimum Gasteiger partial charge on any atom is -0.342 e. The van der Waals surface area contributed by atoms with Crippen LogP contribution >= 0.6 is 0 Å². The van der Waals surface area contributed by atoms with Gasteiger partial charge in [-0.2, -0.15) is 0 Å². The van der Waals surface area contributed by atoms with Gasteiger partial charge in [-0.1, -0.05) is 30.3 Å². The van der Waals surface area contributed by atoms with Gasteiger partial charge in [0.15, 0.2) is 0 Å². The molecule has 2 aliphatic rings. The van der Waals surface area contributed by atoms with Gasteiger partial charge in [0.1, 0.15) is 0 Å². The fourth-order valence-electron chi connectivity index (χ4n) is 3.70. The molecule has 1 amide bonds. The highest BCUT2D eigenvalue weighted by atomic mass is 16.2. The summed E-state index contributed by atoms with van der Waals surface area (Å²) in [6.07, 6.45) is 5.24. The number of piperidine rings is 1. The Hall–Kier alpha value is -1.35. The molecule has 0 atom stereocenters. The first-order valence-corrected chi connectivity index (χ1v) is 8.17. The molecule has 21 heavy (non-hydrogen) atoms. The van der Waals surface area contributed by atoms with Gasteiger partial charge in [-0.15, -0.1) is 0 Å². The molecule has 3 heteroatoms. The maximum absolute atomic E-state index is 12.4. The number of aryl methyl sites for hydroxylation is 1. The Morgan fingerprint density at radius 2 is 1.76 bits per heavy atom. The number of benzene rings is 1. The van der Waals surface area contributed by atoms with E-state index in [0.29, 0.717) is 17.7 Å². The van der Waals surface area contributed by atoms with E-state index in [2.05, 4.69) is 29.0 Å². The Bertz CT molecular complexity index is 477. The molecule has 2 aliphatic heterocycles. The summed E-state index contributed by atoms with van der Waals surface area (Å²) in [7, 11) is 2.20. The van der Waals surface area contributed by atoms with Crippen molar-refractivity contribution in [3.63, 3.8) is 0 Å². The summed E-state index contributed by atoms with van der Waals surface area (Å²) >= 11 is 0. The van der Waals surface area contributed by atoms with Gasteiger partial charge in [-0.25, -0.2) is 0 Å². The smallest absolute Gasteiger partial charge is 0.222 e. The number of amides is 1. The fourth-order valence-corrected chi connectivity index (χ4v) is 3.70. The van der Waals surface area contributed by atoms with Crippen molar-refractivity contribution in [3.8, 4) is 0 Å². The first-order valence-electron chi connectivity index (χ1n) is 8.17. The Balaban J connectivity index is 1.50. The van der Waals surface area contributed by atoms with Gasteiger partial charge < -0.3 is 9.80 Å². The maximum Gasteiger partial charge on any atom is 0.222 e. The molecule has 0 aromatic heterocycles. The fraction of sp³-hybridized carbons (Fsp3) is 0.611. The van der Waals surface area contributed by atoms with Crippen LogP contribution in [0.4, 0.5) is 0 Å². The molecule has 0 saturated carbocycles. The number of rotatable bonds is 3. The summed E-state index contributed by atoms with van der Waals surface area (Å²) in [4.78, 5) is 17.0. The first-order chi connectivity index (χ1) is 10.2. The molecular weight excluding hydrogens is 260 g/mol. The van der Waals surface area contributed by atoms with Gasteiger partial charge in [-0.3, -0.25) is 4.79 Å². The highest BCUT2D eigenvalue weighted by Crippen LogP contribution is 2.40. The number of nitrogens with zero attached hydrogens (tertiary/aromatic N) is 2. The van der Waals surface area contributed by atoms with Crippen molar-refractivity contribution in [1.29, 1.82) is 0 Å². The summed E-state index contributed by atoms with van der Waals surface area (Å²) in [6.45, 7) is 4.34. The van der Waals surface area contributed by atoms with Crippen molar-refractivity contribution >= 4 is 5.91 Å². The van der Waals surface area contributed by atoms with Crippen LogP contribution in [0.5, 0.6) is 0 Å². The average molecular weight is 286 g/mol. The Labute approximate surface area is 127 Å². The van der Waals surface area contributed by atoms with Crippen LogP contribution in [0.25, 0.3) is 0 Å². The van der Waals surface area contributed by atoms with Gasteiger partial charge in [0.2, 0.25) is 5.91 Å². The van der Waals surface area contributed by atoms with Crippen LogP contribution in [0.1, 0.15) is 31.2 Å². The predicted molar refractivity (Wildman–Crippen MR) is 85.1 cm³/mol. The van der Waals surface area contributed by atoms with Crippen molar-refractivity contribution in [2.75, 3.05) is 33.2 Å². The maximum atomic E-state index is 12.4. The zero-order valence-corrected chi connectivity index (χ0v) is 13.1. The molecule has 0 radical (unpaired) electrons. The van der Waals surface area contributed by atoms with E-state index in [1.54, 1.807) is 0 Å². The number of carbonyl (C=O) groups excluding carboxylic acids is 1.